The zero-order valence-corrected chi connectivity index (χ0v) is 13.4. The van der Waals surface area contributed by atoms with Gasteiger partial charge in [-0.15, -0.1) is 50.9 Å². The molecule has 3 nitrogen and oxygen atoms in total. The van der Waals surface area contributed by atoms with Crippen molar-refractivity contribution < 1.29 is 0 Å². The van der Waals surface area contributed by atoms with E-state index in [1.54, 1.807) is 0 Å². The van der Waals surface area contributed by atoms with Gasteiger partial charge in [0.15, 0.2) is 0 Å². The summed E-state index contributed by atoms with van der Waals surface area (Å²) in [7, 11) is 0. The molecule has 1 rings (SSSR count). The van der Waals surface area contributed by atoms with Crippen molar-refractivity contribution in [2.45, 2.75) is 19.6 Å². The van der Waals surface area contributed by atoms with Crippen molar-refractivity contribution in [1.82, 2.24) is 0 Å². The molecule has 6 heteroatoms. The van der Waals surface area contributed by atoms with Gasteiger partial charge in [-0.25, -0.2) is 0 Å². The minimum absolute atomic E-state index is 0. The predicted molar refractivity (Wildman–Crippen MR) is 81.1 cm³/mol. The highest BCUT2D eigenvalue weighted by atomic mass is 79.9. The molecule has 0 aromatic heterocycles. The van der Waals surface area contributed by atoms with Gasteiger partial charge in [0.1, 0.15) is 0 Å². The Bertz CT molecular complexity index is 214. The fourth-order valence-corrected chi connectivity index (χ4v) is 1.19. The van der Waals surface area contributed by atoms with Crippen LogP contribution in [0.4, 0.5) is 0 Å². The third-order valence-corrected chi connectivity index (χ3v) is 1.82. The largest absolute Gasteiger partial charge is 0.326 e. The van der Waals surface area contributed by atoms with E-state index < -0.39 is 0 Å². The smallest absolute Gasteiger partial charge is 0.0178 e. The van der Waals surface area contributed by atoms with E-state index in [2.05, 4.69) is 0 Å². The van der Waals surface area contributed by atoms with Gasteiger partial charge in [0, 0.05) is 19.6 Å². The summed E-state index contributed by atoms with van der Waals surface area (Å²) in [6, 6.07) is 6.04. The summed E-state index contributed by atoms with van der Waals surface area (Å²) >= 11 is 0. The van der Waals surface area contributed by atoms with Crippen LogP contribution in [-0.2, 0) is 19.6 Å². The molecule has 0 saturated heterocycles. The lowest BCUT2D eigenvalue weighted by molar-refractivity contribution is 0.987. The molecular formula is C9H18Br3N3. The van der Waals surface area contributed by atoms with Crippen LogP contribution in [0.15, 0.2) is 18.2 Å². The molecule has 15 heavy (non-hydrogen) atoms. The molecule has 0 unspecified atom stereocenters. The van der Waals surface area contributed by atoms with Crippen molar-refractivity contribution in [1.29, 1.82) is 0 Å². The highest BCUT2D eigenvalue weighted by molar-refractivity contribution is 8.93. The van der Waals surface area contributed by atoms with Gasteiger partial charge in [0.2, 0.25) is 0 Å². The third-order valence-electron chi connectivity index (χ3n) is 1.82. The van der Waals surface area contributed by atoms with Crippen LogP contribution in [0.5, 0.6) is 0 Å². The first-order valence-electron chi connectivity index (χ1n) is 4.02. The fourth-order valence-electron chi connectivity index (χ4n) is 1.19. The van der Waals surface area contributed by atoms with Gasteiger partial charge in [-0.05, 0) is 16.7 Å². The van der Waals surface area contributed by atoms with Gasteiger partial charge in [-0.1, -0.05) is 18.2 Å². The topological polar surface area (TPSA) is 78.1 Å². The predicted octanol–water partition coefficient (Wildman–Crippen LogP) is 1.80. The Morgan fingerprint density at radius 1 is 0.600 bits per heavy atom. The van der Waals surface area contributed by atoms with Crippen molar-refractivity contribution >= 4 is 50.9 Å². The Balaban J connectivity index is -0.000000480. The molecule has 0 fully saturated rings. The van der Waals surface area contributed by atoms with Gasteiger partial charge >= 0.3 is 0 Å². The van der Waals surface area contributed by atoms with E-state index in [1.165, 1.54) is 0 Å². The SMILES string of the molecule is Br.Br.Br.NCc1cc(CN)cc(CN)c1. The van der Waals surface area contributed by atoms with Crippen LogP contribution in [0, 0.1) is 0 Å². The van der Waals surface area contributed by atoms with Crippen LogP contribution in [0.2, 0.25) is 0 Å². The van der Waals surface area contributed by atoms with Crippen molar-refractivity contribution in [2.24, 2.45) is 17.2 Å². The highest BCUT2D eigenvalue weighted by Crippen LogP contribution is 2.08. The van der Waals surface area contributed by atoms with E-state index in [1.807, 2.05) is 18.2 Å². The van der Waals surface area contributed by atoms with Crippen LogP contribution < -0.4 is 17.2 Å². The van der Waals surface area contributed by atoms with Crippen molar-refractivity contribution in [3.63, 3.8) is 0 Å². The molecule has 0 aliphatic heterocycles. The van der Waals surface area contributed by atoms with E-state index in [9.17, 15) is 0 Å². The molecule has 90 valence electrons. The zero-order valence-electron chi connectivity index (χ0n) is 8.31. The number of rotatable bonds is 3. The Hall–Kier alpha value is 0.540. The second-order valence-corrected chi connectivity index (χ2v) is 2.77. The Morgan fingerprint density at radius 2 is 0.800 bits per heavy atom. The summed E-state index contributed by atoms with van der Waals surface area (Å²) in [5, 5.41) is 0. The first kappa shape index (κ1) is 20.9. The maximum absolute atomic E-state index is 5.52. The first-order chi connectivity index (χ1) is 5.80. The van der Waals surface area contributed by atoms with Gasteiger partial charge < -0.3 is 17.2 Å². The Morgan fingerprint density at radius 3 is 0.933 bits per heavy atom. The normalized spacial score (nSPS) is 8.20. The van der Waals surface area contributed by atoms with E-state index in [0.29, 0.717) is 19.6 Å². The molecule has 0 aliphatic carbocycles. The van der Waals surface area contributed by atoms with E-state index in [-0.39, 0.29) is 50.9 Å². The molecule has 0 saturated carbocycles. The molecule has 0 heterocycles. The van der Waals surface area contributed by atoms with Crippen molar-refractivity contribution in [3.8, 4) is 0 Å². The van der Waals surface area contributed by atoms with Crippen molar-refractivity contribution in [2.75, 3.05) is 0 Å². The monoisotopic (exact) mass is 405 g/mol. The van der Waals surface area contributed by atoms with Crippen LogP contribution >= 0.6 is 50.9 Å². The lowest BCUT2D eigenvalue weighted by atomic mass is 10.1. The second-order valence-electron chi connectivity index (χ2n) is 2.77. The standard InChI is InChI=1S/C9H15N3.3BrH/c10-4-7-1-8(5-11)3-9(2-7)6-12;;;/h1-3H,4-6,10-12H2;3*1H. The molecule has 0 bridgehead atoms. The lowest BCUT2D eigenvalue weighted by Crippen LogP contribution is -2.05. The minimum atomic E-state index is 0. The summed E-state index contributed by atoms with van der Waals surface area (Å²) in [6.45, 7) is 1.63. The number of benzene rings is 1. The van der Waals surface area contributed by atoms with Crippen molar-refractivity contribution in [3.05, 3.63) is 34.9 Å². The molecule has 6 N–H and O–H groups in total. The van der Waals surface area contributed by atoms with Crippen LogP contribution in [0.1, 0.15) is 16.7 Å². The average Bonchev–Trinajstić information content (AvgIpc) is 2.16. The third kappa shape index (κ3) is 6.65. The summed E-state index contributed by atoms with van der Waals surface area (Å²) in [6.07, 6.45) is 0. The molecule has 1 aromatic rings. The summed E-state index contributed by atoms with van der Waals surface area (Å²) in [5.41, 5.74) is 19.8. The molecule has 1 aromatic carbocycles. The van der Waals surface area contributed by atoms with Gasteiger partial charge in [-0.2, -0.15) is 0 Å². The number of halogens is 3. The van der Waals surface area contributed by atoms with Crippen LogP contribution in [-0.4, -0.2) is 0 Å². The lowest BCUT2D eigenvalue weighted by Gasteiger charge is -2.04. The summed E-state index contributed by atoms with van der Waals surface area (Å²) in [5.74, 6) is 0. The minimum Gasteiger partial charge on any atom is -0.326 e. The first-order valence-corrected chi connectivity index (χ1v) is 4.02. The maximum Gasteiger partial charge on any atom is 0.0178 e. The summed E-state index contributed by atoms with van der Waals surface area (Å²) < 4.78 is 0. The quantitative estimate of drug-likeness (QED) is 0.714. The number of hydrogen-bond acceptors (Lipinski definition) is 3. The van der Waals surface area contributed by atoms with E-state index >= 15 is 0 Å². The molecule has 0 amide bonds. The fraction of sp³-hybridized carbons (Fsp3) is 0.333. The number of hydrogen-bond donors (Lipinski definition) is 3. The Kier molecular flexibility index (Phi) is 15.4. The molecule has 0 atom stereocenters. The van der Waals surface area contributed by atoms with Gasteiger partial charge in [0.25, 0.3) is 0 Å². The van der Waals surface area contributed by atoms with Gasteiger partial charge in [0.05, 0.1) is 0 Å². The van der Waals surface area contributed by atoms with Crippen LogP contribution in [0.25, 0.3) is 0 Å². The molecule has 0 spiro atoms. The number of nitrogens with two attached hydrogens (primary N) is 3. The molecular weight excluding hydrogens is 390 g/mol. The summed E-state index contributed by atoms with van der Waals surface area (Å²) in [4.78, 5) is 0. The Labute approximate surface area is 122 Å². The molecule has 0 radical (unpaired) electrons. The van der Waals surface area contributed by atoms with Gasteiger partial charge in [-0.3, -0.25) is 0 Å². The van der Waals surface area contributed by atoms with Crippen LogP contribution in [0.3, 0.4) is 0 Å². The average molecular weight is 408 g/mol. The molecule has 0 aliphatic rings. The van der Waals surface area contributed by atoms with E-state index in [0.717, 1.165) is 16.7 Å². The highest BCUT2D eigenvalue weighted by Gasteiger charge is 1.97. The zero-order chi connectivity index (χ0) is 8.97. The maximum atomic E-state index is 5.52. The second kappa shape index (κ2) is 11.0. The van der Waals surface area contributed by atoms with E-state index in [4.69, 9.17) is 17.2 Å².